The summed E-state index contributed by atoms with van der Waals surface area (Å²) in [5, 5.41) is 0. The maximum absolute atomic E-state index is 12.4. The van der Waals surface area contributed by atoms with E-state index in [4.69, 9.17) is 5.73 Å². The van der Waals surface area contributed by atoms with Crippen LogP contribution in [0.1, 0.15) is 33.1 Å². The number of hydrogen-bond donors (Lipinski definition) is 1. The highest BCUT2D eigenvalue weighted by atomic mass is 16.2. The molecule has 2 aliphatic rings. The van der Waals surface area contributed by atoms with Crippen molar-refractivity contribution in [3.8, 4) is 0 Å². The Morgan fingerprint density at radius 2 is 1.80 bits per heavy atom. The minimum atomic E-state index is 0.301. The van der Waals surface area contributed by atoms with Gasteiger partial charge < -0.3 is 10.6 Å². The van der Waals surface area contributed by atoms with Crippen molar-refractivity contribution in [3.05, 3.63) is 0 Å². The summed E-state index contributed by atoms with van der Waals surface area (Å²) in [5.74, 6) is 0.301. The second kappa shape index (κ2) is 7.38. The molecule has 2 aliphatic heterocycles. The quantitative estimate of drug-likeness (QED) is 0.791. The third-order valence-corrected chi connectivity index (χ3v) is 4.84. The first-order valence-electron chi connectivity index (χ1n) is 8.13. The van der Waals surface area contributed by atoms with Gasteiger partial charge >= 0.3 is 0 Å². The molecule has 5 nitrogen and oxygen atoms in total. The van der Waals surface area contributed by atoms with Gasteiger partial charge in [0, 0.05) is 38.3 Å². The van der Waals surface area contributed by atoms with Gasteiger partial charge in [0.05, 0.1) is 6.54 Å². The molecule has 0 aliphatic carbocycles. The van der Waals surface area contributed by atoms with E-state index >= 15 is 0 Å². The monoisotopic (exact) mass is 282 g/mol. The van der Waals surface area contributed by atoms with Crippen molar-refractivity contribution < 1.29 is 4.79 Å². The van der Waals surface area contributed by atoms with E-state index in [9.17, 15) is 4.79 Å². The van der Waals surface area contributed by atoms with Crippen molar-refractivity contribution in [2.75, 3.05) is 45.8 Å². The number of piperidine rings is 1. The van der Waals surface area contributed by atoms with E-state index in [0.29, 0.717) is 24.5 Å². The van der Waals surface area contributed by atoms with Gasteiger partial charge in [-0.25, -0.2) is 0 Å². The number of likely N-dealkylation sites (tertiary alicyclic amines) is 2. The second-order valence-corrected chi connectivity index (χ2v) is 6.12. The van der Waals surface area contributed by atoms with E-state index in [1.54, 1.807) is 0 Å². The fraction of sp³-hybridized carbons (Fsp3) is 0.933. The van der Waals surface area contributed by atoms with E-state index in [1.807, 2.05) is 0 Å². The summed E-state index contributed by atoms with van der Waals surface area (Å²) in [6.45, 7) is 10.9. The van der Waals surface area contributed by atoms with E-state index in [1.165, 1.54) is 0 Å². The summed E-state index contributed by atoms with van der Waals surface area (Å²) >= 11 is 0. The lowest BCUT2D eigenvalue weighted by atomic mass is 10.1. The summed E-state index contributed by atoms with van der Waals surface area (Å²) in [4.78, 5) is 19.2. The van der Waals surface area contributed by atoms with Gasteiger partial charge in [-0.3, -0.25) is 14.6 Å². The van der Waals surface area contributed by atoms with Crippen LogP contribution in [0.2, 0.25) is 0 Å². The summed E-state index contributed by atoms with van der Waals surface area (Å²) in [5.41, 5.74) is 5.90. The van der Waals surface area contributed by atoms with Crippen LogP contribution in [0.4, 0.5) is 0 Å². The summed E-state index contributed by atoms with van der Waals surface area (Å²) in [6, 6.07) is 0.893. The topological polar surface area (TPSA) is 52.8 Å². The molecule has 0 bridgehead atoms. The highest BCUT2D eigenvalue weighted by Gasteiger charge is 2.30. The molecule has 2 rings (SSSR count). The average Bonchev–Trinajstić information content (AvgIpc) is 2.92. The summed E-state index contributed by atoms with van der Waals surface area (Å²) in [7, 11) is 0. The van der Waals surface area contributed by atoms with Gasteiger partial charge in [-0.2, -0.15) is 0 Å². The Kier molecular flexibility index (Phi) is 5.81. The van der Waals surface area contributed by atoms with Gasteiger partial charge in [0.15, 0.2) is 0 Å². The van der Waals surface area contributed by atoms with Crippen molar-refractivity contribution in [2.45, 2.75) is 45.2 Å². The minimum absolute atomic E-state index is 0.301. The van der Waals surface area contributed by atoms with Gasteiger partial charge in [0.25, 0.3) is 0 Å². The van der Waals surface area contributed by atoms with Gasteiger partial charge in [-0.1, -0.05) is 13.8 Å². The lowest BCUT2D eigenvalue weighted by Crippen LogP contribution is -2.46. The Morgan fingerprint density at radius 3 is 2.40 bits per heavy atom. The smallest absolute Gasteiger partial charge is 0.236 e. The van der Waals surface area contributed by atoms with Gasteiger partial charge in [-0.15, -0.1) is 0 Å². The Balaban J connectivity index is 1.76. The first kappa shape index (κ1) is 15.7. The number of carbonyl (C=O) groups is 1. The SMILES string of the molecule is CCN(CC)C1CCN(C(=O)CN2CCC(N)CC2)C1. The molecule has 2 N–H and O–H groups in total. The first-order chi connectivity index (χ1) is 9.63. The summed E-state index contributed by atoms with van der Waals surface area (Å²) in [6.07, 6.45) is 3.17. The molecule has 1 unspecified atom stereocenters. The average molecular weight is 282 g/mol. The van der Waals surface area contributed by atoms with Crippen molar-refractivity contribution in [1.29, 1.82) is 0 Å². The van der Waals surface area contributed by atoms with Crippen LogP contribution in [0.25, 0.3) is 0 Å². The predicted molar refractivity (Wildman–Crippen MR) is 81.6 cm³/mol. The molecule has 20 heavy (non-hydrogen) atoms. The first-order valence-corrected chi connectivity index (χ1v) is 8.13. The van der Waals surface area contributed by atoms with Crippen LogP contribution < -0.4 is 5.73 Å². The molecular weight excluding hydrogens is 252 g/mol. The van der Waals surface area contributed by atoms with E-state index < -0.39 is 0 Å². The maximum Gasteiger partial charge on any atom is 0.236 e. The van der Waals surface area contributed by atoms with Crippen LogP contribution in [-0.2, 0) is 4.79 Å². The molecule has 0 aromatic heterocycles. The standard InChI is InChI=1S/C15H30N4O/c1-3-18(4-2)14-7-10-19(11-14)15(20)12-17-8-5-13(16)6-9-17/h13-14H,3-12,16H2,1-2H3. The molecule has 1 amide bonds. The molecule has 116 valence electrons. The molecule has 2 heterocycles. The highest BCUT2D eigenvalue weighted by Crippen LogP contribution is 2.16. The number of carbonyl (C=O) groups excluding carboxylic acids is 1. The number of nitrogens with two attached hydrogens (primary N) is 1. The van der Waals surface area contributed by atoms with Crippen molar-refractivity contribution in [3.63, 3.8) is 0 Å². The Hall–Kier alpha value is -0.650. The number of nitrogens with zero attached hydrogens (tertiary/aromatic N) is 3. The third kappa shape index (κ3) is 3.93. The van der Waals surface area contributed by atoms with Crippen LogP contribution >= 0.6 is 0 Å². The largest absolute Gasteiger partial charge is 0.340 e. The fourth-order valence-corrected chi connectivity index (χ4v) is 3.41. The van der Waals surface area contributed by atoms with Crippen LogP contribution in [-0.4, -0.2) is 78.5 Å². The van der Waals surface area contributed by atoms with Crippen LogP contribution in [0.15, 0.2) is 0 Å². The molecule has 0 saturated carbocycles. The minimum Gasteiger partial charge on any atom is -0.340 e. The Labute approximate surface area is 123 Å². The Bertz CT molecular complexity index is 311. The van der Waals surface area contributed by atoms with Crippen molar-refractivity contribution in [2.24, 2.45) is 5.73 Å². The number of rotatable bonds is 5. The van der Waals surface area contributed by atoms with Crippen LogP contribution in [0.3, 0.4) is 0 Å². The van der Waals surface area contributed by atoms with Crippen LogP contribution in [0.5, 0.6) is 0 Å². The van der Waals surface area contributed by atoms with E-state index in [-0.39, 0.29) is 0 Å². The molecule has 0 aromatic carbocycles. The molecule has 0 aromatic rings. The normalized spacial score (nSPS) is 25.6. The fourth-order valence-electron chi connectivity index (χ4n) is 3.41. The number of likely N-dealkylation sites (N-methyl/N-ethyl adjacent to an activating group) is 1. The van der Waals surface area contributed by atoms with Gasteiger partial charge in [0.1, 0.15) is 0 Å². The molecule has 0 spiro atoms. The van der Waals surface area contributed by atoms with Gasteiger partial charge in [-0.05, 0) is 32.4 Å². The summed E-state index contributed by atoms with van der Waals surface area (Å²) < 4.78 is 0. The molecule has 1 atom stereocenters. The van der Waals surface area contributed by atoms with Crippen molar-refractivity contribution in [1.82, 2.24) is 14.7 Å². The second-order valence-electron chi connectivity index (χ2n) is 6.12. The van der Waals surface area contributed by atoms with Crippen molar-refractivity contribution >= 4 is 5.91 Å². The van der Waals surface area contributed by atoms with E-state index in [0.717, 1.165) is 58.5 Å². The molecule has 5 heteroatoms. The molecule has 0 radical (unpaired) electrons. The molecule has 2 saturated heterocycles. The molecule has 2 fully saturated rings. The zero-order valence-electron chi connectivity index (χ0n) is 13.1. The van der Waals surface area contributed by atoms with Crippen LogP contribution in [0, 0.1) is 0 Å². The van der Waals surface area contributed by atoms with E-state index in [2.05, 4.69) is 28.5 Å². The number of hydrogen-bond acceptors (Lipinski definition) is 4. The zero-order chi connectivity index (χ0) is 14.5. The number of amides is 1. The highest BCUT2D eigenvalue weighted by molar-refractivity contribution is 5.78. The lowest BCUT2D eigenvalue weighted by molar-refractivity contribution is -0.131. The Morgan fingerprint density at radius 1 is 1.15 bits per heavy atom. The zero-order valence-corrected chi connectivity index (χ0v) is 13.1. The van der Waals surface area contributed by atoms with Gasteiger partial charge in [0.2, 0.25) is 5.91 Å². The lowest BCUT2D eigenvalue weighted by Gasteiger charge is -2.31. The predicted octanol–water partition coefficient (Wildman–Crippen LogP) is 0.352. The molecular formula is C15H30N4O. The third-order valence-electron chi connectivity index (χ3n) is 4.84. The maximum atomic E-state index is 12.4.